The van der Waals surface area contributed by atoms with E-state index in [2.05, 4.69) is 20.3 Å². The molecule has 3 rings (SSSR count). The Morgan fingerprint density at radius 3 is 2.70 bits per heavy atom. The molecule has 1 atom stereocenters. The minimum atomic E-state index is 0.133. The van der Waals surface area contributed by atoms with Gasteiger partial charge in [-0.25, -0.2) is 4.98 Å². The van der Waals surface area contributed by atoms with Crippen molar-refractivity contribution in [2.45, 2.75) is 76.4 Å². The van der Waals surface area contributed by atoms with E-state index in [1.165, 1.54) is 57.8 Å². The molecule has 1 aliphatic carbocycles. The lowest BCUT2D eigenvalue weighted by Crippen LogP contribution is -2.51. The van der Waals surface area contributed by atoms with E-state index in [1.54, 1.807) is 11.0 Å². The Bertz CT molecular complexity index is 467. The van der Waals surface area contributed by atoms with Crippen molar-refractivity contribution in [3.05, 3.63) is 12.7 Å². The summed E-state index contributed by atoms with van der Waals surface area (Å²) < 4.78 is 1.71. The lowest BCUT2D eigenvalue weighted by molar-refractivity contribution is -0.122. The first-order valence-electron chi connectivity index (χ1n) is 9.17. The number of hydrogen-bond donors (Lipinski definition) is 1. The average Bonchev–Trinajstić information content (AvgIpc) is 2.93. The largest absolute Gasteiger partial charge is 0.352 e. The summed E-state index contributed by atoms with van der Waals surface area (Å²) in [4.78, 5) is 18.7. The van der Waals surface area contributed by atoms with Crippen LogP contribution in [0.25, 0.3) is 0 Å². The fraction of sp³-hybridized carbons (Fsp3) is 0.824. The second-order valence-electron chi connectivity index (χ2n) is 6.96. The van der Waals surface area contributed by atoms with Crippen LogP contribution in [0.15, 0.2) is 12.7 Å². The Morgan fingerprint density at radius 1 is 1.13 bits per heavy atom. The van der Waals surface area contributed by atoms with E-state index in [-0.39, 0.29) is 5.91 Å². The van der Waals surface area contributed by atoms with Crippen LogP contribution in [-0.2, 0) is 11.3 Å². The SMILES string of the molecule is O=C(CCn1cncn1)N[C@H]1CCCN(C2CCCCCC2)C1. The van der Waals surface area contributed by atoms with E-state index in [0.29, 0.717) is 19.0 Å². The summed E-state index contributed by atoms with van der Waals surface area (Å²) in [5.74, 6) is 0.133. The summed E-state index contributed by atoms with van der Waals surface area (Å²) in [5, 5.41) is 7.26. The number of nitrogens with one attached hydrogen (secondary N) is 1. The van der Waals surface area contributed by atoms with Gasteiger partial charge < -0.3 is 5.32 Å². The highest BCUT2D eigenvalue weighted by atomic mass is 16.1. The predicted molar refractivity (Wildman–Crippen MR) is 88.9 cm³/mol. The topological polar surface area (TPSA) is 63.1 Å². The molecule has 2 fully saturated rings. The smallest absolute Gasteiger partial charge is 0.222 e. The second-order valence-corrected chi connectivity index (χ2v) is 6.96. The third-order valence-corrected chi connectivity index (χ3v) is 5.19. The van der Waals surface area contributed by atoms with Crippen LogP contribution in [0.1, 0.15) is 57.8 Å². The second kappa shape index (κ2) is 8.43. The van der Waals surface area contributed by atoms with Crippen LogP contribution in [0.3, 0.4) is 0 Å². The molecular formula is C17H29N5O. The number of aromatic nitrogens is 3. The van der Waals surface area contributed by atoms with Crippen molar-refractivity contribution in [2.75, 3.05) is 13.1 Å². The quantitative estimate of drug-likeness (QED) is 0.843. The number of piperidine rings is 1. The number of amides is 1. The molecule has 6 nitrogen and oxygen atoms in total. The Hall–Kier alpha value is -1.43. The first-order chi connectivity index (χ1) is 11.3. The van der Waals surface area contributed by atoms with Crippen molar-refractivity contribution in [1.82, 2.24) is 25.0 Å². The highest BCUT2D eigenvalue weighted by molar-refractivity contribution is 5.76. The van der Waals surface area contributed by atoms with E-state index in [0.717, 1.165) is 19.0 Å². The molecule has 1 aromatic heterocycles. The van der Waals surface area contributed by atoms with Crippen molar-refractivity contribution >= 4 is 5.91 Å². The van der Waals surface area contributed by atoms with Crippen LogP contribution >= 0.6 is 0 Å². The summed E-state index contributed by atoms with van der Waals surface area (Å²) in [6.45, 7) is 2.83. The zero-order chi connectivity index (χ0) is 15.9. The molecule has 1 saturated heterocycles. The molecule has 0 unspecified atom stereocenters. The number of carbonyl (C=O) groups is 1. The maximum absolute atomic E-state index is 12.2. The predicted octanol–water partition coefficient (Wildman–Crippen LogP) is 1.97. The lowest BCUT2D eigenvalue weighted by atomic mass is 10.00. The number of nitrogens with zero attached hydrogens (tertiary/aromatic N) is 4. The summed E-state index contributed by atoms with van der Waals surface area (Å²) in [5.41, 5.74) is 0. The molecule has 1 aliphatic heterocycles. The van der Waals surface area contributed by atoms with Crippen molar-refractivity contribution in [1.29, 1.82) is 0 Å². The minimum absolute atomic E-state index is 0.133. The van der Waals surface area contributed by atoms with Gasteiger partial charge in [0.2, 0.25) is 5.91 Å². The van der Waals surface area contributed by atoms with Crippen molar-refractivity contribution in [2.24, 2.45) is 0 Å². The molecule has 2 heterocycles. The lowest BCUT2D eigenvalue weighted by Gasteiger charge is -2.38. The molecule has 1 amide bonds. The first-order valence-corrected chi connectivity index (χ1v) is 9.17. The van der Waals surface area contributed by atoms with Crippen LogP contribution < -0.4 is 5.32 Å². The maximum Gasteiger partial charge on any atom is 0.222 e. The van der Waals surface area contributed by atoms with Gasteiger partial charge in [0.05, 0.1) is 6.54 Å². The van der Waals surface area contributed by atoms with Crippen LogP contribution in [0.5, 0.6) is 0 Å². The molecule has 2 aliphatic rings. The Kier molecular flexibility index (Phi) is 6.02. The third-order valence-electron chi connectivity index (χ3n) is 5.19. The standard InChI is InChI=1S/C17H29N5O/c23-17(9-11-22-14-18-13-19-22)20-15-6-5-10-21(12-15)16-7-3-1-2-4-8-16/h13-16H,1-12H2,(H,20,23)/t15-/m0/s1. The minimum Gasteiger partial charge on any atom is -0.352 e. The summed E-state index contributed by atoms with van der Waals surface area (Å²) in [6.07, 6.45) is 14.2. The summed E-state index contributed by atoms with van der Waals surface area (Å²) >= 11 is 0. The first kappa shape index (κ1) is 16.4. The number of carbonyl (C=O) groups excluding carboxylic acids is 1. The van der Waals surface area contributed by atoms with Crippen LogP contribution in [0.4, 0.5) is 0 Å². The fourth-order valence-electron chi connectivity index (χ4n) is 3.94. The van der Waals surface area contributed by atoms with E-state index >= 15 is 0 Å². The third kappa shape index (κ3) is 5.03. The van der Waals surface area contributed by atoms with Gasteiger partial charge in [0.25, 0.3) is 0 Å². The normalized spacial score (nSPS) is 24.3. The molecule has 0 spiro atoms. The zero-order valence-corrected chi connectivity index (χ0v) is 14.0. The highest BCUT2D eigenvalue weighted by Crippen LogP contribution is 2.24. The van der Waals surface area contributed by atoms with Crippen molar-refractivity contribution in [3.8, 4) is 0 Å². The van der Waals surface area contributed by atoms with Crippen LogP contribution in [0.2, 0.25) is 0 Å². The van der Waals surface area contributed by atoms with Gasteiger partial charge in [0.1, 0.15) is 12.7 Å². The van der Waals surface area contributed by atoms with Crippen molar-refractivity contribution < 1.29 is 4.79 Å². The van der Waals surface area contributed by atoms with Gasteiger partial charge >= 0.3 is 0 Å². The van der Waals surface area contributed by atoms with Gasteiger partial charge in [-0.3, -0.25) is 14.4 Å². The Labute approximate surface area is 138 Å². The molecule has 0 bridgehead atoms. The van der Waals surface area contributed by atoms with E-state index < -0.39 is 0 Å². The number of hydrogen-bond acceptors (Lipinski definition) is 4. The van der Waals surface area contributed by atoms with Gasteiger partial charge in [-0.05, 0) is 32.2 Å². The molecule has 1 N–H and O–H groups in total. The van der Waals surface area contributed by atoms with Crippen LogP contribution in [0, 0.1) is 0 Å². The van der Waals surface area contributed by atoms with Crippen molar-refractivity contribution in [3.63, 3.8) is 0 Å². The molecule has 6 heteroatoms. The summed E-state index contributed by atoms with van der Waals surface area (Å²) in [6, 6.07) is 1.06. The molecule has 1 saturated carbocycles. The molecule has 0 aromatic carbocycles. The number of aryl methyl sites for hydroxylation is 1. The molecule has 128 valence electrons. The highest BCUT2D eigenvalue weighted by Gasteiger charge is 2.27. The fourth-order valence-corrected chi connectivity index (χ4v) is 3.94. The number of likely N-dealkylation sites (tertiary alicyclic amines) is 1. The zero-order valence-electron chi connectivity index (χ0n) is 14.0. The van der Waals surface area contributed by atoms with Gasteiger partial charge in [0.15, 0.2) is 0 Å². The van der Waals surface area contributed by atoms with E-state index in [1.807, 2.05) is 0 Å². The van der Waals surface area contributed by atoms with E-state index in [4.69, 9.17) is 0 Å². The van der Waals surface area contributed by atoms with Gasteiger partial charge in [-0.15, -0.1) is 0 Å². The molecular weight excluding hydrogens is 290 g/mol. The molecule has 0 radical (unpaired) electrons. The molecule has 23 heavy (non-hydrogen) atoms. The Balaban J connectivity index is 1.43. The summed E-state index contributed by atoms with van der Waals surface area (Å²) in [7, 11) is 0. The van der Waals surface area contributed by atoms with Gasteiger partial charge in [-0.2, -0.15) is 5.10 Å². The van der Waals surface area contributed by atoms with Gasteiger partial charge in [-0.1, -0.05) is 25.7 Å². The number of rotatable bonds is 5. The molecule has 1 aromatic rings. The van der Waals surface area contributed by atoms with Gasteiger partial charge in [0, 0.05) is 25.0 Å². The van der Waals surface area contributed by atoms with Crippen LogP contribution in [-0.4, -0.2) is 50.7 Å². The average molecular weight is 319 g/mol. The maximum atomic E-state index is 12.2. The monoisotopic (exact) mass is 319 g/mol. The van der Waals surface area contributed by atoms with E-state index in [9.17, 15) is 4.79 Å². The Morgan fingerprint density at radius 2 is 1.96 bits per heavy atom.